The van der Waals surface area contributed by atoms with Crippen LogP contribution >= 0.6 is 0 Å². The Labute approximate surface area is 101 Å². The summed E-state index contributed by atoms with van der Waals surface area (Å²) in [4.78, 5) is 19.9. The predicted molar refractivity (Wildman–Crippen MR) is 66.9 cm³/mol. The second kappa shape index (κ2) is 6.66. The van der Waals surface area contributed by atoms with Gasteiger partial charge in [0.25, 0.3) is 0 Å². The number of rotatable bonds is 1. The van der Waals surface area contributed by atoms with Gasteiger partial charge in [-0.05, 0) is 19.4 Å². The molecule has 0 N–H and O–H groups in total. The molecule has 1 aliphatic heterocycles. The SMILES string of the molecule is C=Cc1ccccc1.CC1=COOC(C)C1=O. The lowest BCUT2D eigenvalue weighted by molar-refractivity contribution is -0.277. The van der Waals surface area contributed by atoms with Gasteiger partial charge in [-0.15, -0.1) is 0 Å². The summed E-state index contributed by atoms with van der Waals surface area (Å²) in [6.07, 6.45) is 2.69. The molecule has 0 aromatic heterocycles. The van der Waals surface area contributed by atoms with Crippen LogP contribution in [0.1, 0.15) is 19.4 Å². The minimum Gasteiger partial charge on any atom is -0.344 e. The maximum atomic E-state index is 10.9. The van der Waals surface area contributed by atoms with Crippen molar-refractivity contribution in [2.75, 3.05) is 0 Å². The third-order valence-corrected chi connectivity index (χ3v) is 2.22. The van der Waals surface area contributed by atoms with Gasteiger partial charge < -0.3 is 4.89 Å². The zero-order chi connectivity index (χ0) is 12.7. The number of carbonyl (C=O) groups is 1. The van der Waals surface area contributed by atoms with Crippen LogP contribution in [-0.4, -0.2) is 11.9 Å². The van der Waals surface area contributed by atoms with Crippen LogP contribution in [0.25, 0.3) is 6.08 Å². The molecule has 1 aromatic carbocycles. The minimum atomic E-state index is -0.449. The maximum absolute atomic E-state index is 10.9. The molecule has 0 radical (unpaired) electrons. The van der Waals surface area contributed by atoms with Crippen molar-refractivity contribution >= 4 is 11.9 Å². The van der Waals surface area contributed by atoms with Gasteiger partial charge in [-0.2, -0.15) is 4.89 Å². The van der Waals surface area contributed by atoms with E-state index in [1.54, 1.807) is 13.8 Å². The second-order valence-corrected chi connectivity index (χ2v) is 3.61. The average Bonchev–Trinajstić information content (AvgIpc) is 2.37. The van der Waals surface area contributed by atoms with Crippen LogP contribution in [0.3, 0.4) is 0 Å². The van der Waals surface area contributed by atoms with Crippen LogP contribution in [0.4, 0.5) is 0 Å². The van der Waals surface area contributed by atoms with E-state index in [1.165, 1.54) is 11.8 Å². The van der Waals surface area contributed by atoms with Gasteiger partial charge in [0.2, 0.25) is 0 Å². The number of hydrogen-bond donors (Lipinski definition) is 0. The second-order valence-electron chi connectivity index (χ2n) is 3.61. The fraction of sp³-hybridized carbons (Fsp3) is 0.214. The van der Waals surface area contributed by atoms with E-state index in [1.807, 2.05) is 36.4 Å². The highest BCUT2D eigenvalue weighted by molar-refractivity contribution is 5.98. The van der Waals surface area contributed by atoms with Crippen molar-refractivity contribution in [3.8, 4) is 0 Å². The largest absolute Gasteiger partial charge is 0.344 e. The summed E-state index contributed by atoms with van der Waals surface area (Å²) >= 11 is 0. The van der Waals surface area contributed by atoms with Crippen LogP contribution in [0.15, 0.2) is 48.7 Å². The van der Waals surface area contributed by atoms with Gasteiger partial charge in [-0.25, -0.2) is 0 Å². The molecule has 17 heavy (non-hydrogen) atoms. The summed E-state index contributed by atoms with van der Waals surface area (Å²) < 4.78 is 0. The molecule has 2 rings (SSSR count). The fourth-order valence-corrected chi connectivity index (χ4v) is 1.19. The average molecular weight is 232 g/mol. The van der Waals surface area contributed by atoms with Crippen LogP contribution in [0.5, 0.6) is 0 Å². The highest BCUT2D eigenvalue weighted by Gasteiger charge is 2.20. The molecular formula is C14H16O3. The zero-order valence-corrected chi connectivity index (χ0v) is 10.1. The highest BCUT2D eigenvalue weighted by Crippen LogP contribution is 2.09. The molecule has 1 atom stereocenters. The summed E-state index contributed by atoms with van der Waals surface area (Å²) in [5.41, 5.74) is 1.78. The van der Waals surface area contributed by atoms with E-state index in [9.17, 15) is 4.79 Å². The van der Waals surface area contributed by atoms with E-state index in [4.69, 9.17) is 0 Å². The Balaban J connectivity index is 0.000000171. The molecule has 1 aliphatic rings. The minimum absolute atomic E-state index is 0.0127. The van der Waals surface area contributed by atoms with E-state index in [0.717, 1.165) is 0 Å². The quantitative estimate of drug-likeness (QED) is 0.698. The molecule has 0 saturated carbocycles. The van der Waals surface area contributed by atoms with Crippen molar-refractivity contribution in [1.82, 2.24) is 0 Å². The summed E-state index contributed by atoms with van der Waals surface area (Å²) in [7, 11) is 0. The van der Waals surface area contributed by atoms with E-state index in [0.29, 0.717) is 5.57 Å². The first-order valence-corrected chi connectivity index (χ1v) is 5.35. The van der Waals surface area contributed by atoms with Gasteiger partial charge in [-0.3, -0.25) is 4.79 Å². The summed E-state index contributed by atoms with van der Waals surface area (Å²) in [6.45, 7) is 6.98. The van der Waals surface area contributed by atoms with E-state index in [-0.39, 0.29) is 5.78 Å². The van der Waals surface area contributed by atoms with Crippen LogP contribution in [0.2, 0.25) is 0 Å². The number of hydrogen-bond acceptors (Lipinski definition) is 3. The molecule has 0 aliphatic carbocycles. The highest BCUT2D eigenvalue weighted by atomic mass is 17.2. The van der Waals surface area contributed by atoms with Gasteiger partial charge in [-0.1, -0.05) is 43.0 Å². The van der Waals surface area contributed by atoms with Gasteiger partial charge in [0, 0.05) is 5.57 Å². The third-order valence-electron chi connectivity index (χ3n) is 2.22. The van der Waals surface area contributed by atoms with Crippen molar-refractivity contribution in [3.63, 3.8) is 0 Å². The summed E-state index contributed by atoms with van der Waals surface area (Å²) in [5.74, 6) is -0.0127. The Kier molecular flexibility index (Phi) is 5.17. The molecule has 90 valence electrons. The molecule has 0 spiro atoms. The molecule has 0 saturated heterocycles. The van der Waals surface area contributed by atoms with Gasteiger partial charge >= 0.3 is 0 Å². The van der Waals surface area contributed by atoms with Gasteiger partial charge in [0.1, 0.15) is 6.26 Å². The monoisotopic (exact) mass is 232 g/mol. The fourth-order valence-electron chi connectivity index (χ4n) is 1.19. The molecule has 1 aromatic rings. The molecule has 1 heterocycles. The van der Waals surface area contributed by atoms with Crippen LogP contribution < -0.4 is 0 Å². The lowest BCUT2D eigenvalue weighted by Crippen LogP contribution is -2.24. The number of benzene rings is 1. The van der Waals surface area contributed by atoms with Crippen LogP contribution in [0, 0.1) is 0 Å². The maximum Gasteiger partial charge on any atom is 0.194 e. The van der Waals surface area contributed by atoms with E-state index in [2.05, 4.69) is 16.4 Å². The molecule has 0 amide bonds. The zero-order valence-electron chi connectivity index (χ0n) is 10.1. The summed E-state index contributed by atoms with van der Waals surface area (Å²) in [5, 5.41) is 0. The number of ketones is 1. The first kappa shape index (κ1) is 13.2. The van der Waals surface area contributed by atoms with Crippen molar-refractivity contribution in [1.29, 1.82) is 0 Å². The standard InChI is InChI=1S/C8H8.C6H8O3/c1-2-8-6-4-3-5-7-8;1-4-3-8-9-5(2)6(4)7/h2-7H,1H2;3,5H,1-2H3. The number of carbonyl (C=O) groups excluding carboxylic acids is 1. The van der Waals surface area contributed by atoms with Crippen molar-refractivity contribution in [2.24, 2.45) is 0 Å². The lowest BCUT2D eigenvalue weighted by Gasteiger charge is -2.14. The molecule has 0 fully saturated rings. The molecule has 0 bridgehead atoms. The Morgan fingerprint density at radius 1 is 1.29 bits per heavy atom. The van der Waals surface area contributed by atoms with E-state index < -0.39 is 6.10 Å². The normalized spacial score (nSPS) is 18.4. The smallest absolute Gasteiger partial charge is 0.194 e. The third kappa shape index (κ3) is 4.25. The van der Waals surface area contributed by atoms with Gasteiger partial charge in [0.05, 0.1) is 0 Å². The Morgan fingerprint density at radius 3 is 2.35 bits per heavy atom. The Hall–Kier alpha value is -1.87. The van der Waals surface area contributed by atoms with Crippen molar-refractivity contribution in [2.45, 2.75) is 20.0 Å². The number of Topliss-reactive ketones (excluding diaryl/α,β-unsaturated/α-hetero) is 1. The first-order valence-electron chi connectivity index (χ1n) is 5.35. The topological polar surface area (TPSA) is 35.5 Å². The molecule has 1 unspecified atom stereocenters. The predicted octanol–water partition coefficient (Wildman–Crippen LogP) is 3.14. The Morgan fingerprint density at radius 2 is 1.94 bits per heavy atom. The molecule has 3 heteroatoms. The molecular weight excluding hydrogens is 216 g/mol. The Bertz CT molecular complexity index is 407. The summed E-state index contributed by atoms with van der Waals surface area (Å²) in [6, 6.07) is 10.0. The van der Waals surface area contributed by atoms with Crippen LogP contribution in [-0.2, 0) is 14.6 Å². The van der Waals surface area contributed by atoms with Crippen molar-refractivity contribution in [3.05, 3.63) is 54.3 Å². The van der Waals surface area contributed by atoms with Crippen molar-refractivity contribution < 1.29 is 14.6 Å². The lowest BCUT2D eigenvalue weighted by atomic mass is 10.1. The molecule has 3 nitrogen and oxygen atoms in total. The van der Waals surface area contributed by atoms with Gasteiger partial charge in [0.15, 0.2) is 11.9 Å². The van der Waals surface area contributed by atoms with E-state index >= 15 is 0 Å². The first-order chi connectivity index (χ1) is 8.15.